The third kappa shape index (κ3) is 2.34. The molecule has 2 nitrogen and oxygen atoms in total. The van der Waals surface area contributed by atoms with Crippen LogP contribution >= 0.6 is 31.9 Å². The van der Waals surface area contributed by atoms with E-state index in [1.807, 2.05) is 0 Å². The molecule has 0 saturated heterocycles. The van der Waals surface area contributed by atoms with Crippen molar-refractivity contribution >= 4 is 37.5 Å². The Morgan fingerprint density at radius 2 is 1.95 bits per heavy atom. The number of rotatable bonds is 4. The van der Waals surface area contributed by atoms with Gasteiger partial charge in [0.1, 0.15) is 0 Å². The second-order valence-electron chi connectivity index (χ2n) is 6.07. The minimum Gasteiger partial charge on any atom is -0.380 e. The Kier molecular flexibility index (Phi) is 4.17. The van der Waals surface area contributed by atoms with Crippen LogP contribution in [0, 0.1) is 12.3 Å². The number of ether oxygens (including phenoxy) is 1. The fourth-order valence-corrected chi connectivity index (χ4v) is 5.30. The smallest absolute Gasteiger partial charge is 0.0670 e. The van der Waals surface area contributed by atoms with Gasteiger partial charge in [-0.2, -0.15) is 0 Å². The molecular weight excluding hydrogens is 382 g/mol. The Morgan fingerprint density at radius 3 is 2.45 bits per heavy atom. The van der Waals surface area contributed by atoms with Gasteiger partial charge < -0.3 is 10.1 Å². The molecule has 1 spiro atoms. The molecule has 3 rings (SSSR count). The predicted octanol–water partition coefficient (Wildman–Crippen LogP) is 5.28. The van der Waals surface area contributed by atoms with Crippen molar-refractivity contribution in [3.63, 3.8) is 0 Å². The van der Waals surface area contributed by atoms with Crippen molar-refractivity contribution < 1.29 is 4.74 Å². The van der Waals surface area contributed by atoms with Crippen LogP contribution in [0.4, 0.5) is 5.69 Å². The lowest BCUT2D eigenvalue weighted by Crippen LogP contribution is -2.64. The standard InChI is InChI=1S/C16H21Br2NO/c1-3-20-14-9-13(16(14)5-4-6-16)19-15-11(17)7-10(2)8-12(15)18/h7-8,13-14,19H,3-6,9H2,1-2H3. The van der Waals surface area contributed by atoms with E-state index in [1.54, 1.807) is 0 Å². The number of hydrogen-bond acceptors (Lipinski definition) is 2. The van der Waals surface area contributed by atoms with Crippen molar-refractivity contribution in [2.45, 2.75) is 51.7 Å². The lowest BCUT2D eigenvalue weighted by Gasteiger charge is -2.61. The topological polar surface area (TPSA) is 21.3 Å². The summed E-state index contributed by atoms with van der Waals surface area (Å²) in [6.07, 6.45) is 5.53. The van der Waals surface area contributed by atoms with Crippen LogP contribution in [0.15, 0.2) is 21.1 Å². The molecule has 1 aromatic rings. The van der Waals surface area contributed by atoms with Gasteiger partial charge in [0.15, 0.2) is 0 Å². The molecule has 1 N–H and O–H groups in total. The molecule has 20 heavy (non-hydrogen) atoms. The van der Waals surface area contributed by atoms with Crippen molar-refractivity contribution in [1.29, 1.82) is 0 Å². The average Bonchev–Trinajstić information content (AvgIpc) is 2.28. The molecule has 2 aliphatic carbocycles. The second-order valence-corrected chi connectivity index (χ2v) is 7.78. The van der Waals surface area contributed by atoms with Gasteiger partial charge in [-0.05, 0) is 82.7 Å². The maximum atomic E-state index is 5.92. The number of hydrogen-bond donors (Lipinski definition) is 1. The highest BCUT2D eigenvalue weighted by molar-refractivity contribution is 9.11. The van der Waals surface area contributed by atoms with E-state index in [0.717, 1.165) is 22.0 Å². The SMILES string of the molecule is CCOC1CC(Nc2c(Br)cc(C)cc2Br)C12CCC2. The Morgan fingerprint density at radius 1 is 1.30 bits per heavy atom. The summed E-state index contributed by atoms with van der Waals surface area (Å²) >= 11 is 7.36. The summed E-state index contributed by atoms with van der Waals surface area (Å²) in [6.45, 7) is 5.04. The van der Waals surface area contributed by atoms with E-state index in [4.69, 9.17) is 4.74 Å². The largest absolute Gasteiger partial charge is 0.380 e. The molecule has 0 bridgehead atoms. The maximum absolute atomic E-state index is 5.92. The zero-order valence-electron chi connectivity index (χ0n) is 12.0. The third-order valence-electron chi connectivity index (χ3n) is 4.94. The fourth-order valence-electron chi connectivity index (χ4n) is 3.65. The summed E-state index contributed by atoms with van der Waals surface area (Å²) in [4.78, 5) is 0. The Labute approximate surface area is 137 Å². The number of anilines is 1. The van der Waals surface area contributed by atoms with Crippen LogP contribution in [0.1, 0.15) is 38.2 Å². The Hall–Kier alpha value is -0.0600. The molecule has 2 aliphatic rings. The first kappa shape index (κ1) is 14.9. The lowest BCUT2D eigenvalue weighted by atomic mass is 9.51. The van der Waals surface area contributed by atoms with Crippen LogP contribution in [0.5, 0.6) is 0 Å². The van der Waals surface area contributed by atoms with Gasteiger partial charge in [-0.3, -0.25) is 0 Å². The number of benzene rings is 1. The molecule has 2 saturated carbocycles. The van der Waals surface area contributed by atoms with Gasteiger partial charge in [-0.1, -0.05) is 6.42 Å². The molecule has 2 atom stereocenters. The second kappa shape index (κ2) is 5.62. The monoisotopic (exact) mass is 401 g/mol. The highest BCUT2D eigenvalue weighted by atomic mass is 79.9. The quantitative estimate of drug-likeness (QED) is 0.739. The zero-order valence-corrected chi connectivity index (χ0v) is 15.2. The van der Waals surface area contributed by atoms with E-state index in [2.05, 4.69) is 63.2 Å². The van der Waals surface area contributed by atoms with Crippen molar-refractivity contribution in [3.05, 3.63) is 26.6 Å². The van der Waals surface area contributed by atoms with E-state index >= 15 is 0 Å². The van der Waals surface area contributed by atoms with Crippen LogP contribution in [0.25, 0.3) is 0 Å². The van der Waals surface area contributed by atoms with Crippen LogP contribution in [0.2, 0.25) is 0 Å². The number of aryl methyl sites for hydroxylation is 1. The third-order valence-corrected chi connectivity index (χ3v) is 6.19. The first-order valence-electron chi connectivity index (χ1n) is 7.40. The highest BCUT2D eigenvalue weighted by Crippen LogP contribution is 2.58. The predicted molar refractivity (Wildman–Crippen MR) is 90.3 cm³/mol. The molecule has 2 fully saturated rings. The van der Waals surface area contributed by atoms with Crippen molar-refractivity contribution in [2.24, 2.45) is 5.41 Å². The molecule has 1 aromatic carbocycles. The molecule has 0 aliphatic heterocycles. The summed E-state index contributed by atoms with van der Waals surface area (Å²) in [5.74, 6) is 0. The van der Waals surface area contributed by atoms with Gasteiger partial charge in [0.25, 0.3) is 0 Å². The summed E-state index contributed by atoms with van der Waals surface area (Å²) < 4.78 is 8.20. The summed E-state index contributed by atoms with van der Waals surface area (Å²) in [5.41, 5.74) is 2.83. The van der Waals surface area contributed by atoms with Crippen molar-refractivity contribution in [3.8, 4) is 0 Å². The van der Waals surface area contributed by atoms with Crippen LogP contribution < -0.4 is 5.32 Å². The van der Waals surface area contributed by atoms with E-state index < -0.39 is 0 Å². The number of nitrogens with one attached hydrogen (secondary N) is 1. The van der Waals surface area contributed by atoms with Gasteiger partial charge in [0.05, 0.1) is 11.8 Å². The first-order valence-corrected chi connectivity index (χ1v) is 8.99. The minimum atomic E-state index is 0.389. The average molecular weight is 403 g/mol. The van der Waals surface area contributed by atoms with E-state index in [9.17, 15) is 0 Å². The van der Waals surface area contributed by atoms with Crippen LogP contribution in [0.3, 0.4) is 0 Å². The van der Waals surface area contributed by atoms with Gasteiger partial charge in [-0.25, -0.2) is 0 Å². The van der Waals surface area contributed by atoms with E-state index in [-0.39, 0.29) is 0 Å². The van der Waals surface area contributed by atoms with Gasteiger partial charge in [0, 0.05) is 27.0 Å². The van der Waals surface area contributed by atoms with Gasteiger partial charge >= 0.3 is 0 Å². The summed E-state index contributed by atoms with van der Waals surface area (Å²) in [5, 5.41) is 3.75. The molecule has 110 valence electrons. The molecule has 4 heteroatoms. The Balaban J connectivity index is 1.76. The molecule has 0 aromatic heterocycles. The lowest BCUT2D eigenvalue weighted by molar-refractivity contribution is -0.157. The van der Waals surface area contributed by atoms with Crippen molar-refractivity contribution in [2.75, 3.05) is 11.9 Å². The minimum absolute atomic E-state index is 0.389. The first-order chi connectivity index (χ1) is 9.56. The van der Waals surface area contributed by atoms with Crippen LogP contribution in [-0.2, 0) is 4.74 Å². The van der Waals surface area contributed by atoms with Crippen LogP contribution in [-0.4, -0.2) is 18.8 Å². The number of halogens is 2. The summed E-state index contributed by atoms with van der Waals surface area (Å²) in [7, 11) is 0. The molecule has 0 amide bonds. The van der Waals surface area contributed by atoms with Crippen molar-refractivity contribution in [1.82, 2.24) is 0 Å². The normalized spacial score (nSPS) is 27.0. The molecule has 2 unspecified atom stereocenters. The molecule has 0 heterocycles. The van der Waals surface area contributed by atoms with Gasteiger partial charge in [-0.15, -0.1) is 0 Å². The molecular formula is C16H21Br2NO. The van der Waals surface area contributed by atoms with E-state index in [1.165, 1.54) is 30.5 Å². The summed E-state index contributed by atoms with van der Waals surface area (Å²) in [6, 6.07) is 4.88. The van der Waals surface area contributed by atoms with Gasteiger partial charge in [0.2, 0.25) is 0 Å². The highest BCUT2D eigenvalue weighted by Gasteiger charge is 2.59. The zero-order chi connectivity index (χ0) is 14.3. The Bertz CT molecular complexity index is 490. The fraction of sp³-hybridized carbons (Fsp3) is 0.625. The molecule has 0 radical (unpaired) electrons. The van der Waals surface area contributed by atoms with E-state index in [0.29, 0.717) is 17.6 Å². The maximum Gasteiger partial charge on any atom is 0.0670 e.